The molecule has 0 radical (unpaired) electrons. The van der Waals surface area contributed by atoms with Gasteiger partial charge in [0.2, 0.25) is 11.8 Å². The van der Waals surface area contributed by atoms with Gasteiger partial charge in [-0.2, -0.15) is 13.2 Å². The summed E-state index contributed by atoms with van der Waals surface area (Å²) in [5, 5.41) is 15.1. The fraction of sp³-hybridized carbons (Fsp3) is 0.296. The zero-order valence-electron chi connectivity index (χ0n) is 20.6. The van der Waals surface area contributed by atoms with Crippen LogP contribution in [-0.2, 0) is 27.3 Å². The van der Waals surface area contributed by atoms with Crippen molar-refractivity contribution in [2.45, 2.75) is 44.1 Å². The highest BCUT2D eigenvalue weighted by Gasteiger charge is 2.38. The zero-order valence-corrected chi connectivity index (χ0v) is 20.6. The third-order valence-electron chi connectivity index (χ3n) is 5.49. The van der Waals surface area contributed by atoms with Gasteiger partial charge in [0.05, 0.1) is 6.04 Å². The molecule has 204 valence electrons. The molecule has 0 aromatic heterocycles. The lowest BCUT2D eigenvalue weighted by Crippen LogP contribution is -2.52. The second kappa shape index (κ2) is 14.7. The van der Waals surface area contributed by atoms with Crippen LogP contribution in [0.1, 0.15) is 24.0 Å². The first kappa shape index (κ1) is 30.3. The first-order chi connectivity index (χ1) is 18.0. The Morgan fingerprint density at radius 1 is 0.868 bits per heavy atom. The Labute approximate surface area is 218 Å². The lowest BCUT2D eigenvalue weighted by Gasteiger charge is -2.21. The molecule has 2 amide bonds. The van der Waals surface area contributed by atoms with E-state index in [1.165, 1.54) is 0 Å². The fourth-order valence-corrected chi connectivity index (χ4v) is 3.47. The number of fused-ring (bicyclic) bond motifs is 1. The van der Waals surface area contributed by atoms with Crippen LogP contribution in [0.3, 0.4) is 0 Å². The monoisotopic (exact) mass is 532 g/mol. The number of benzene rings is 3. The second-order valence-electron chi connectivity index (χ2n) is 8.49. The third-order valence-corrected chi connectivity index (χ3v) is 5.49. The number of rotatable bonds is 10. The first-order valence-corrected chi connectivity index (χ1v) is 11.9. The average Bonchev–Trinajstić information content (AvgIpc) is 2.90. The van der Waals surface area contributed by atoms with Gasteiger partial charge in [-0.1, -0.05) is 72.8 Å². The van der Waals surface area contributed by atoms with E-state index in [2.05, 4.69) is 10.6 Å². The lowest BCUT2D eigenvalue weighted by molar-refractivity contribution is -0.192. The van der Waals surface area contributed by atoms with Gasteiger partial charge in [-0.15, -0.1) is 0 Å². The summed E-state index contributed by atoms with van der Waals surface area (Å²) in [6.45, 7) is 0.863. The minimum absolute atomic E-state index is 0.239. The maximum absolute atomic E-state index is 13.0. The number of nitrogens with two attached hydrogens (primary N) is 2. The highest BCUT2D eigenvalue weighted by atomic mass is 19.4. The van der Waals surface area contributed by atoms with Crippen molar-refractivity contribution in [1.29, 1.82) is 0 Å². The maximum Gasteiger partial charge on any atom is 0.490 e. The van der Waals surface area contributed by atoms with Crippen LogP contribution in [0.4, 0.5) is 13.2 Å². The van der Waals surface area contributed by atoms with Crippen LogP contribution in [0.5, 0.6) is 0 Å². The van der Waals surface area contributed by atoms with Gasteiger partial charge in [0, 0.05) is 13.0 Å². The van der Waals surface area contributed by atoms with Crippen molar-refractivity contribution >= 4 is 28.6 Å². The molecule has 0 heterocycles. The smallest absolute Gasteiger partial charge is 0.475 e. The summed E-state index contributed by atoms with van der Waals surface area (Å²) in [4.78, 5) is 34.4. The molecular formula is C27H31F3N4O4. The molecule has 11 heteroatoms. The summed E-state index contributed by atoms with van der Waals surface area (Å²) in [7, 11) is 0. The summed E-state index contributed by atoms with van der Waals surface area (Å²) in [6, 6.07) is 22.4. The van der Waals surface area contributed by atoms with Crippen molar-refractivity contribution in [3.05, 3.63) is 83.9 Å². The highest BCUT2D eigenvalue weighted by molar-refractivity contribution is 5.90. The van der Waals surface area contributed by atoms with Gasteiger partial charge in [-0.3, -0.25) is 9.59 Å². The van der Waals surface area contributed by atoms with Gasteiger partial charge in [0.15, 0.2) is 0 Å². The van der Waals surface area contributed by atoms with Crippen LogP contribution in [0.2, 0.25) is 0 Å². The van der Waals surface area contributed by atoms with E-state index in [9.17, 15) is 22.8 Å². The van der Waals surface area contributed by atoms with E-state index in [0.29, 0.717) is 32.4 Å². The van der Waals surface area contributed by atoms with E-state index in [1.54, 1.807) is 0 Å². The molecule has 0 fully saturated rings. The van der Waals surface area contributed by atoms with Gasteiger partial charge >= 0.3 is 12.1 Å². The van der Waals surface area contributed by atoms with Crippen molar-refractivity contribution < 1.29 is 32.7 Å². The Morgan fingerprint density at radius 2 is 1.47 bits per heavy atom. The average molecular weight is 533 g/mol. The van der Waals surface area contributed by atoms with E-state index >= 15 is 0 Å². The minimum atomic E-state index is -5.08. The number of amides is 2. The number of alkyl halides is 3. The van der Waals surface area contributed by atoms with Gasteiger partial charge < -0.3 is 27.2 Å². The fourth-order valence-electron chi connectivity index (χ4n) is 3.47. The number of halogens is 3. The highest BCUT2D eigenvalue weighted by Crippen LogP contribution is 2.17. The quantitative estimate of drug-likeness (QED) is 0.271. The predicted molar refractivity (Wildman–Crippen MR) is 138 cm³/mol. The van der Waals surface area contributed by atoms with Gasteiger partial charge in [-0.05, 0) is 41.3 Å². The number of carboxylic acids is 1. The van der Waals surface area contributed by atoms with Crippen molar-refractivity contribution in [2.75, 3.05) is 6.54 Å². The second-order valence-corrected chi connectivity index (χ2v) is 8.49. The molecule has 0 aliphatic carbocycles. The first-order valence-electron chi connectivity index (χ1n) is 11.9. The Bertz CT molecular complexity index is 1210. The summed E-state index contributed by atoms with van der Waals surface area (Å²) in [5.41, 5.74) is 13.5. The topological polar surface area (TPSA) is 148 Å². The van der Waals surface area contributed by atoms with Gasteiger partial charge in [-0.25, -0.2) is 4.79 Å². The molecule has 0 bridgehead atoms. The molecular weight excluding hydrogens is 501 g/mol. The number of hydrogen-bond acceptors (Lipinski definition) is 5. The number of nitrogens with one attached hydrogen (secondary N) is 2. The normalized spacial score (nSPS) is 12.6. The molecule has 0 spiro atoms. The van der Waals surface area contributed by atoms with Crippen LogP contribution in [0.25, 0.3) is 10.8 Å². The van der Waals surface area contributed by atoms with Crippen LogP contribution in [-0.4, -0.2) is 47.7 Å². The van der Waals surface area contributed by atoms with Crippen LogP contribution in [0.15, 0.2) is 72.8 Å². The Balaban J connectivity index is 0.000000638. The molecule has 0 aliphatic rings. The summed E-state index contributed by atoms with van der Waals surface area (Å²) < 4.78 is 31.7. The Kier molecular flexibility index (Phi) is 11.7. The van der Waals surface area contributed by atoms with Crippen molar-refractivity contribution in [1.82, 2.24) is 10.6 Å². The van der Waals surface area contributed by atoms with Crippen LogP contribution < -0.4 is 22.1 Å². The largest absolute Gasteiger partial charge is 0.490 e. The van der Waals surface area contributed by atoms with Gasteiger partial charge in [0.25, 0.3) is 0 Å². The number of carboxylic acid groups (broad SMARTS) is 1. The molecule has 38 heavy (non-hydrogen) atoms. The Hall–Kier alpha value is -3.96. The molecule has 0 aliphatic heterocycles. The molecule has 7 N–H and O–H groups in total. The number of carbonyl (C=O) groups is 3. The summed E-state index contributed by atoms with van der Waals surface area (Å²) in [6.07, 6.45) is -3.57. The number of hydrogen-bond donors (Lipinski definition) is 5. The number of aliphatic carboxylic acids is 1. The molecule has 3 rings (SSSR count). The van der Waals surface area contributed by atoms with Crippen molar-refractivity contribution in [3.8, 4) is 0 Å². The van der Waals surface area contributed by atoms with Crippen molar-refractivity contribution in [3.63, 3.8) is 0 Å². The molecule has 2 atom stereocenters. The molecule has 0 saturated carbocycles. The third kappa shape index (κ3) is 10.2. The van der Waals surface area contributed by atoms with Crippen LogP contribution >= 0.6 is 0 Å². The van der Waals surface area contributed by atoms with Crippen molar-refractivity contribution in [2.24, 2.45) is 11.5 Å². The van der Waals surface area contributed by atoms with E-state index in [4.69, 9.17) is 21.4 Å². The van der Waals surface area contributed by atoms with E-state index in [-0.39, 0.29) is 11.8 Å². The lowest BCUT2D eigenvalue weighted by atomic mass is 10.0. The van der Waals surface area contributed by atoms with E-state index < -0.39 is 24.2 Å². The van der Waals surface area contributed by atoms with E-state index in [1.807, 2.05) is 72.8 Å². The minimum Gasteiger partial charge on any atom is -0.475 e. The molecule has 0 unspecified atom stereocenters. The molecule has 3 aromatic carbocycles. The predicted octanol–water partition coefficient (Wildman–Crippen LogP) is 2.88. The summed E-state index contributed by atoms with van der Waals surface area (Å²) >= 11 is 0. The van der Waals surface area contributed by atoms with Gasteiger partial charge in [0.1, 0.15) is 6.04 Å². The SMILES string of the molecule is NCCC[C@@H](N)C(=O)N[C@@H](Cc1ccc2ccccc2c1)C(=O)NCc1ccccc1.O=C(O)C(F)(F)F. The van der Waals surface area contributed by atoms with Crippen LogP contribution in [0, 0.1) is 0 Å². The maximum atomic E-state index is 13.0. The Morgan fingerprint density at radius 3 is 2.08 bits per heavy atom. The summed E-state index contributed by atoms with van der Waals surface area (Å²) in [5.74, 6) is -3.34. The molecule has 8 nitrogen and oxygen atoms in total. The van der Waals surface area contributed by atoms with E-state index in [0.717, 1.165) is 21.9 Å². The standard InChI is InChI=1S/C25H30N4O2.C2HF3O2/c26-14-6-11-22(27)24(30)29-23(25(31)28-17-18-7-2-1-3-8-18)16-19-12-13-20-9-4-5-10-21(20)15-19;3-2(4,5)1(6)7/h1-5,7-10,12-13,15,22-23H,6,11,14,16-17,26-27H2,(H,28,31)(H,29,30);(H,6,7)/t22-,23+;/m1./s1. The molecule has 3 aromatic rings. The molecule has 0 saturated heterocycles. The number of carbonyl (C=O) groups excluding carboxylic acids is 2. The zero-order chi connectivity index (χ0) is 28.1.